The molecule has 1 saturated heterocycles. The van der Waals surface area contributed by atoms with Gasteiger partial charge in [-0.2, -0.15) is 4.80 Å². The van der Waals surface area contributed by atoms with Gasteiger partial charge in [0, 0.05) is 18.5 Å². The molecule has 0 saturated carbocycles. The lowest BCUT2D eigenvalue weighted by atomic mass is 9.91. The molecule has 2 heterocycles. The Labute approximate surface area is 123 Å². The van der Waals surface area contributed by atoms with Gasteiger partial charge in [0.2, 0.25) is 0 Å². The second-order valence-corrected chi connectivity index (χ2v) is 6.15. The van der Waals surface area contributed by atoms with Crippen molar-refractivity contribution in [2.75, 3.05) is 24.6 Å². The van der Waals surface area contributed by atoms with Crippen LogP contribution in [0.25, 0.3) is 0 Å². The number of ether oxygens (including phenoxy) is 1. The number of rotatable bonds is 5. The average molecular weight is 295 g/mol. The van der Waals surface area contributed by atoms with E-state index in [1.54, 1.807) is 20.8 Å². The molecule has 2 rings (SSSR count). The summed E-state index contributed by atoms with van der Waals surface area (Å²) in [7, 11) is 0. The molecule has 0 atom stereocenters. The lowest BCUT2D eigenvalue weighted by molar-refractivity contribution is -0.151. The number of carbonyl (C=O) groups excluding carboxylic acids is 2. The second-order valence-electron chi connectivity index (χ2n) is 6.15. The van der Waals surface area contributed by atoms with Gasteiger partial charge in [0.25, 0.3) is 5.95 Å². The molecular weight excluding hydrogens is 274 g/mol. The molecular formula is C13H21N5O3. The number of Topliss-reactive ketones (excluding diaryl/α,β-unsaturated/α-hetero) is 1. The zero-order chi connectivity index (χ0) is 15.5. The van der Waals surface area contributed by atoms with Crippen LogP contribution < -0.4 is 4.90 Å². The largest absolute Gasteiger partial charge is 0.456 e. The first-order valence-corrected chi connectivity index (χ1v) is 7.08. The summed E-state index contributed by atoms with van der Waals surface area (Å²) < 4.78 is 4.94. The highest BCUT2D eigenvalue weighted by Crippen LogP contribution is 2.15. The SMILES string of the molecule is CC(C)(C)C(=O)COC(=O)Cn1nnc(N2CCCC2)n1. The molecule has 1 aliphatic rings. The Bertz CT molecular complexity index is 514. The molecule has 0 spiro atoms. The van der Waals surface area contributed by atoms with E-state index in [1.165, 1.54) is 4.80 Å². The minimum atomic E-state index is -0.544. The van der Waals surface area contributed by atoms with E-state index >= 15 is 0 Å². The summed E-state index contributed by atoms with van der Waals surface area (Å²) in [5.74, 6) is -0.135. The van der Waals surface area contributed by atoms with Gasteiger partial charge in [-0.15, -0.1) is 5.10 Å². The second kappa shape index (κ2) is 6.19. The molecule has 0 aromatic carbocycles. The van der Waals surface area contributed by atoms with Crippen molar-refractivity contribution in [3.8, 4) is 0 Å². The van der Waals surface area contributed by atoms with Crippen molar-refractivity contribution >= 4 is 17.7 Å². The van der Waals surface area contributed by atoms with E-state index in [2.05, 4.69) is 15.4 Å². The number of tetrazole rings is 1. The van der Waals surface area contributed by atoms with Gasteiger partial charge in [0.1, 0.15) is 0 Å². The van der Waals surface area contributed by atoms with Gasteiger partial charge in [-0.05, 0) is 18.1 Å². The number of anilines is 1. The number of hydrogen-bond acceptors (Lipinski definition) is 7. The van der Waals surface area contributed by atoms with E-state index in [4.69, 9.17) is 4.74 Å². The highest BCUT2D eigenvalue weighted by Gasteiger charge is 2.23. The van der Waals surface area contributed by atoms with E-state index in [1.807, 2.05) is 4.90 Å². The van der Waals surface area contributed by atoms with E-state index in [-0.39, 0.29) is 18.9 Å². The van der Waals surface area contributed by atoms with Crippen molar-refractivity contribution in [2.45, 2.75) is 40.2 Å². The van der Waals surface area contributed by atoms with Crippen LogP contribution in [-0.2, 0) is 20.9 Å². The average Bonchev–Trinajstić information content (AvgIpc) is 3.04. The van der Waals surface area contributed by atoms with Crippen molar-refractivity contribution in [3.05, 3.63) is 0 Å². The van der Waals surface area contributed by atoms with Gasteiger partial charge >= 0.3 is 5.97 Å². The lowest BCUT2D eigenvalue weighted by Crippen LogP contribution is -2.27. The summed E-state index contributed by atoms with van der Waals surface area (Å²) in [4.78, 5) is 26.5. The fourth-order valence-corrected chi connectivity index (χ4v) is 1.87. The monoisotopic (exact) mass is 295 g/mol. The van der Waals surface area contributed by atoms with E-state index in [0.29, 0.717) is 5.95 Å². The molecule has 21 heavy (non-hydrogen) atoms. The normalized spacial score (nSPS) is 15.3. The van der Waals surface area contributed by atoms with Crippen molar-refractivity contribution in [1.29, 1.82) is 0 Å². The Kier molecular flexibility index (Phi) is 4.54. The molecule has 116 valence electrons. The maximum absolute atomic E-state index is 11.7. The molecule has 0 aliphatic carbocycles. The molecule has 1 fully saturated rings. The van der Waals surface area contributed by atoms with Crippen LogP contribution in [0.5, 0.6) is 0 Å². The first kappa shape index (κ1) is 15.4. The molecule has 1 aromatic heterocycles. The summed E-state index contributed by atoms with van der Waals surface area (Å²) >= 11 is 0. The molecule has 8 heteroatoms. The molecule has 0 bridgehead atoms. The van der Waals surface area contributed by atoms with Gasteiger partial charge in [-0.3, -0.25) is 4.79 Å². The standard InChI is InChI=1S/C13H21N5O3/c1-13(2,3)10(19)9-21-11(20)8-18-15-12(14-16-18)17-6-4-5-7-17/h4-9H2,1-3H3. The molecule has 1 aliphatic heterocycles. The summed E-state index contributed by atoms with van der Waals surface area (Å²) in [5, 5.41) is 11.9. The topological polar surface area (TPSA) is 90.2 Å². The van der Waals surface area contributed by atoms with Crippen LogP contribution in [0.3, 0.4) is 0 Å². The number of esters is 1. The fourth-order valence-electron chi connectivity index (χ4n) is 1.87. The summed E-state index contributed by atoms with van der Waals surface area (Å²) in [6.07, 6.45) is 2.23. The van der Waals surface area contributed by atoms with Gasteiger partial charge in [0.05, 0.1) is 0 Å². The Morgan fingerprint density at radius 1 is 1.24 bits per heavy atom. The van der Waals surface area contributed by atoms with Gasteiger partial charge in [0.15, 0.2) is 18.9 Å². The third-order valence-corrected chi connectivity index (χ3v) is 3.30. The molecule has 8 nitrogen and oxygen atoms in total. The van der Waals surface area contributed by atoms with Gasteiger partial charge in [-0.1, -0.05) is 25.9 Å². The smallest absolute Gasteiger partial charge is 0.330 e. The third-order valence-electron chi connectivity index (χ3n) is 3.30. The van der Waals surface area contributed by atoms with Gasteiger partial charge in [-0.25, -0.2) is 4.79 Å². The Morgan fingerprint density at radius 3 is 2.52 bits per heavy atom. The highest BCUT2D eigenvalue weighted by molar-refractivity contribution is 5.86. The predicted molar refractivity (Wildman–Crippen MR) is 74.7 cm³/mol. The first-order valence-electron chi connectivity index (χ1n) is 7.08. The zero-order valence-corrected chi connectivity index (χ0v) is 12.7. The molecule has 0 radical (unpaired) electrons. The van der Waals surface area contributed by atoms with Crippen LogP contribution in [0.1, 0.15) is 33.6 Å². The van der Waals surface area contributed by atoms with Crippen molar-refractivity contribution < 1.29 is 14.3 Å². The molecule has 0 unspecified atom stereocenters. The first-order chi connectivity index (χ1) is 9.86. The van der Waals surface area contributed by atoms with Gasteiger partial charge < -0.3 is 9.64 Å². The summed E-state index contributed by atoms with van der Waals surface area (Å²) in [5.41, 5.74) is -0.519. The van der Waals surface area contributed by atoms with Crippen molar-refractivity contribution in [1.82, 2.24) is 20.2 Å². The van der Waals surface area contributed by atoms with Crippen LogP contribution in [-0.4, -0.2) is 51.7 Å². The molecule has 0 amide bonds. The Morgan fingerprint density at radius 2 is 1.90 bits per heavy atom. The van der Waals surface area contributed by atoms with E-state index in [9.17, 15) is 9.59 Å². The molecule has 0 N–H and O–H groups in total. The van der Waals surface area contributed by atoms with Crippen LogP contribution in [0.15, 0.2) is 0 Å². The van der Waals surface area contributed by atoms with E-state index < -0.39 is 11.4 Å². The van der Waals surface area contributed by atoms with Crippen LogP contribution in [0, 0.1) is 5.41 Å². The Hall–Kier alpha value is -1.99. The summed E-state index contributed by atoms with van der Waals surface area (Å²) in [6.45, 7) is 6.81. The Balaban J connectivity index is 1.81. The molecule has 1 aromatic rings. The quantitative estimate of drug-likeness (QED) is 0.728. The minimum Gasteiger partial charge on any atom is -0.456 e. The minimum absolute atomic E-state index is 0.125. The number of aromatic nitrogens is 4. The number of ketones is 1. The third kappa shape index (κ3) is 4.24. The maximum Gasteiger partial charge on any atom is 0.330 e. The van der Waals surface area contributed by atoms with Crippen LogP contribution in [0.2, 0.25) is 0 Å². The number of hydrogen-bond donors (Lipinski definition) is 0. The predicted octanol–water partition coefficient (Wildman–Crippen LogP) is 0.432. The fraction of sp³-hybridized carbons (Fsp3) is 0.769. The highest BCUT2D eigenvalue weighted by atomic mass is 16.5. The van der Waals surface area contributed by atoms with Crippen LogP contribution in [0.4, 0.5) is 5.95 Å². The number of carbonyl (C=O) groups is 2. The lowest BCUT2D eigenvalue weighted by Gasteiger charge is -2.15. The van der Waals surface area contributed by atoms with Crippen molar-refractivity contribution in [3.63, 3.8) is 0 Å². The number of nitrogens with zero attached hydrogens (tertiary/aromatic N) is 5. The zero-order valence-electron chi connectivity index (χ0n) is 12.7. The van der Waals surface area contributed by atoms with Crippen molar-refractivity contribution in [2.24, 2.45) is 5.41 Å². The maximum atomic E-state index is 11.7. The van der Waals surface area contributed by atoms with Crippen LogP contribution >= 0.6 is 0 Å². The van der Waals surface area contributed by atoms with E-state index in [0.717, 1.165) is 25.9 Å². The summed E-state index contributed by atoms with van der Waals surface area (Å²) in [6, 6.07) is 0.